The number of allylic oxidation sites excluding steroid dienone is 1. The number of fused-ring (bicyclic) bond motifs is 1. The van der Waals surface area contributed by atoms with E-state index >= 15 is 0 Å². The van der Waals surface area contributed by atoms with Crippen molar-refractivity contribution in [2.45, 2.75) is 12.8 Å². The Morgan fingerprint density at radius 2 is 1.94 bits per heavy atom. The SMILES string of the molecule is Oc1nc(NCC2CC2)[nH]c1/C=C1/C=Nc2ncc(-c3ccc(N4CCNCC4)cc3)cc21. The van der Waals surface area contributed by atoms with Crippen LogP contribution in [0.1, 0.15) is 24.1 Å². The molecule has 8 heteroatoms. The van der Waals surface area contributed by atoms with Crippen LogP contribution in [-0.4, -0.2) is 59.0 Å². The van der Waals surface area contributed by atoms with Gasteiger partial charge >= 0.3 is 0 Å². The van der Waals surface area contributed by atoms with Crippen LogP contribution >= 0.6 is 0 Å². The molecule has 2 aromatic heterocycles. The van der Waals surface area contributed by atoms with Crippen LogP contribution in [0.3, 0.4) is 0 Å². The maximum Gasteiger partial charge on any atom is 0.238 e. The Morgan fingerprint density at radius 3 is 2.73 bits per heavy atom. The lowest BCUT2D eigenvalue weighted by molar-refractivity contribution is 0.455. The number of imidazole rings is 1. The van der Waals surface area contributed by atoms with Crippen LogP contribution < -0.4 is 15.5 Å². The van der Waals surface area contributed by atoms with E-state index in [0.29, 0.717) is 17.5 Å². The molecule has 0 unspecified atom stereocenters. The van der Waals surface area contributed by atoms with Crippen LogP contribution in [0.5, 0.6) is 5.88 Å². The van der Waals surface area contributed by atoms with Crippen LogP contribution in [0.2, 0.25) is 0 Å². The van der Waals surface area contributed by atoms with E-state index in [1.54, 1.807) is 6.21 Å². The van der Waals surface area contributed by atoms with Crippen molar-refractivity contribution in [1.29, 1.82) is 0 Å². The molecule has 1 saturated heterocycles. The lowest BCUT2D eigenvalue weighted by Crippen LogP contribution is -2.43. The molecular formula is C25H27N7O. The number of hydrogen-bond acceptors (Lipinski definition) is 7. The van der Waals surface area contributed by atoms with E-state index in [1.165, 1.54) is 18.5 Å². The fourth-order valence-electron chi connectivity index (χ4n) is 4.31. The van der Waals surface area contributed by atoms with Gasteiger partial charge in [-0.25, -0.2) is 9.98 Å². The van der Waals surface area contributed by atoms with Gasteiger partial charge < -0.3 is 25.6 Å². The third-order valence-electron chi connectivity index (χ3n) is 6.45. The van der Waals surface area contributed by atoms with Gasteiger partial charge in [0.05, 0.1) is 0 Å². The molecule has 0 amide bonds. The average Bonchev–Trinajstić information content (AvgIpc) is 3.52. The van der Waals surface area contributed by atoms with Gasteiger partial charge in [0.1, 0.15) is 5.69 Å². The molecule has 6 rings (SSSR count). The number of pyridine rings is 1. The predicted octanol–water partition coefficient (Wildman–Crippen LogP) is 3.67. The summed E-state index contributed by atoms with van der Waals surface area (Å²) < 4.78 is 0. The molecule has 0 spiro atoms. The van der Waals surface area contributed by atoms with Gasteiger partial charge in [-0.2, -0.15) is 4.98 Å². The molecule has 33 heavy (non-hydrogen) atoms. The number of rotatable bonds is 6. The number of anilines is 2. The molecule has 0 radical (unpaired) electrons. The van der Waals surface area contributed by atoms with Crippen molar-refractivity contribution in [2.75, 3.05) is 42.9 Å². The number of nitrogens with one attached hydrogen (secondary N) is 3. The van der Waals surface area contributed by atoms with Crippen LogP contribution in [0, 0.1) is 5.92 Å². The number of piperazine rings is 1. The Bertz CT molecular complexity index is 1220. The molecule has 2 fully saturated rings. The van der Waals surface area contributed by atoms with Crippen molar-refractivity contribution < 1.29 is 5.11 Å². The third kappa shape index (κ3) is 4.21. The lowest BCUT2D eigenvalue weighted by Gasteiger charge is -2.29. The van der Waals surface area contributed by atoms with Gasteiger partial charge in [0.2, 0.25) is 11.8 Å². The van der Waals surface area contributed by atoms with Crippen molar-refractivity contribution in [3.63, 3.8) is 0 Å². The first-order chi connectivity index (χ1) is 16.2. The molecule has 0 atom stereocenters. The molecule has 1 aromatic carbocycles. The second-order valence-electron chi connectivity index (χ2n) is 8.88. The largest absolute Gasteiger partial charge is 0.492 e. The fraction of sp³-hybridized carbons (Fsp3) is 0.320. The van der Waals surface area contributed by atoms with E-state index in [1.807, 2.05) is 12.3 Å². The first-order valence-corrected chi connectivity index (χ1v) is 11.6. The van der Waals surface area contributed by atoms with Gasteiger partial charge in [-0.3, -0.25) is 0 Å². The van der Waals surface area contributed by atoms with Crippen molar-refractivity contribution >= 4 is 35.3 Å². The van der Waals surface area contributed by atoms with Gasteiger partial charge in [-0.1, -0.05) is 12.1 Å². The second-order valence-corrected chi connectivity index (χ2v) is 8.88. The predicted molar refractivity (Wildman–Crippen MR) is 132 cm³/mol. The minimum Gasteiger partial charge on any atom is -0.492 e. The average molecular weight is 442 g/mol. The van der Waals surface area contributed by atoms with Crippen LogP contribution in [0.4, 0.5) is 17.5 Å². The maximum absolute atomic E-state index is 10.3. The highest BCUT2D eigenvalue weighted by Crippen LogP contribution is 2.35. The number of aliphatic imine (C=N–C) groups is 1. The van der Waals surface area contributed by atoms with E-state index in [4.69, 9.17) is 0 Å². The summed E-state index contributed by atoms with van der Waals surface area (Å²) in [4.78, 5) is 18.8. The van der Waals surface area contributed by atoms with Gasteiger partial charge in [-0.05, 0) is 48.6 Å². The lowest BCUT2D eigenvalue weighted by atomic mass is 10.0. The van der Waals surface area contributed by atoms with Crippen molar-refractivity contribution in [2.24, 2.45) is 10.9 Å². The molecule has 0 bridgehead atoms. The summed E-state index contributed by atoms with van der Waals surface area (Å²) in [5.41, 5.74) is 5.81. The number of H-pyrrole nitrogens is 1. The summed E-state index contributed by atoms with van der Waals surface area (Å²) in [7, 11) is 0. The Kier molecular flexibility index (Phi) is 5.07. The van der Waals surface area contributed by atoms with E-state index in [9.17, 15) is 5.11 Å². The summed E-state index contributed by atoms with van der Waals surface area (Å²) >= 11 is 0. The molecule has 4 N–H and O–H groups in total. The third-order valence-corrected chi connectivity index (χ3v) is 6.45. The summed E-state index contributed by atoms with van der Waals surface area (Å²) in [6.07, 6.45) is 8.05. The Morgan fingerprint density at radius 1 is 1.12 bits per heavy atom. The van der Waals surface area contributed by atoms with E-state index < -0.39 is 0 Å². The maximum atomic E-state index is 10.3. The summed E-state index contributed by atoms with van der Waals surface area (Å²) in [5.74, 6) is 1.99. The zero-order valence-electron chi connectivity index (χ0n) is 18.4. The molecule has 1 aliphatic carbocycles. The van der Waals surface area contributed by atoms with E-state index in [0.717, 1.165) is 60.9 Å². The Labute approximate surface area is 192 Å². The molecule has 2 aliphatic heterocycles. The van der Waals surface area contributed by atoms with Crippen molar-refractivity contribution in [3.05, 3.63) is 47.8 Å². The van der Waals surface area contributed by atoms with Gasteiger partial charge in [-0.15, -0.1) is 0 Å². The minimum absolute atomic E-state index is 0.0183. The second kappa shape index (κ2) is 8.37. The van der Waals surface area contributed by atoms with Gasteiger partial charge in [0.25, 0.3) is 0 Å². The van der Waals surface area contributed by atoms with Gasteiger partial charge in [0.15, 0.2) is 5.82 Å². The normalized spacial score (nSPS) is 18.7. The van der Waals surface area contributed by atoms with Gasteiger partial charge in [0, 0.05) is 67.5 Å². The minimum atomic E-state index is -0.0183. The first kappa shape index (κ1) is 20.0. The molecule has 168 valence electrons. The quantitative estimate of drug-likeness (QED) is 0.466. The highest BCUT2D eigenvalue weighted by atomic mass is 16.3. The number of aromatic hydroxyl groups is 1. The number of nitrogens with zero attached hydrogens (tertiary/aromatic N) is 4. The highest BCUT2D eigenvalue weighted by molar-refractivity contribution is 6.21. The molecular weight excluding hydrogens is 414 g/mol. The monoisotopic (exact) mass is 441 g/mol. The summed E-state index contributed by atoms with van der Waals surface area (Å²) in [6.45, 7) is 4.99. The Hall–Kier alpha value is -3.65. The van der Waals surface area contributed by atoms with E-state index in [2.05, 4.69) is 65.8 Å². The molecule has 8 nitrogen and oxygen atoms in total. The summed E-state index contributed by atoms with van der Waals surface area (Å²) in [5, 5.41) is 16.9. The smallest absolute Gasteiger partial charge is 0.238 e. The number of aromatic nitrogens is 3. The summed E-state index contributed by atoms with van der Waals surface area (Å²) in [6, 6.07) is 10.8. The van der Waals surface area contributed by atoms with Crippen LogP contribution in [0.25, 0.3) is 22.8 Å². The fourth-order valence-corrected chi connectivity index (χ4v) is 4.31. The molecule has 1 saturated carbocycles. The molecule has 3 aliphatic rings. The van der Waals surface area contributed by atoms with Crippen molar-refractivity contribution in [3.8, 4) is 17.0 Å². The molecule has 4 heterocycles. The van der Waals surface area contributed by atoms with E-state index in [-0.39, 0.29) is 5.88 Å². The number of aromatic amines is 1. The van der Waals surface area contributed by atoms with Crippen LogP contribution in [-0.2, 0) is 0 Å². The highest BCUT2D eigenvalue weighted by Gasteiger charge is 2.22. The number of benzene rings is 1. The topological polar surface area (TPSA) is 101 Å². The number of hydrogen-bond donors (Lipinski definition) is 4. The standard InChI is InChI=1S/C25H27N7O/c33-24-22(30-25(31-24)29-13-16-1-2-16)12-19-15-28-23-21(19)11-18(14-27-23)17-3-5-20(6-4-17)32-9-7-26-8-10-32/h3-6,11-12,14-16,26,33H,1-2,7-10,13H2,(H2,29,30,31)/b19-12-. The van der Waals surface area contributed by atoms with Crippen molar-refractivity contribution in [1.82, 2.24) is 20.3 Å². The zero-order chi connectivity index (χ0) is 22.2. The first-order valence-electron chi connectivity index (χ1n) is 11.6. The molecule has 3 aromatic rings. The van der Waals surface area contributed by atoms with Crippen LogP contribution in [0.15, 0.2) is 41.5 Å². The zero-order valence-corrected chi connectivity index (χ0v) is 18.4. The Balaban J connectivity index is 1.23.